The van der Waals surface area contributed by atoms with Gasteiger partial charge in [0, 0.05) is 31.7 Å². The number of aromatic carboxylic acids is 1. The molecular formula is C28H32FN3O5. The maximum atomic E-state index is 13.6. The molecule has 2 aromatic carbocycles. The van der Waals surface area contributed by atoms with E-state index in [0.29, 0.717) is 17.8 Å². The van der Waals surface area contributed by atoms with Crippen LogP contribution in [0, 0.1) is 5.82 Å². The SMILES string of the molecule is CCn1c(C2CCC(OC)CC2)nc(-c2ccc(CNC(=O)c3cc(F)ccc3OC)cc2)c1C(=O)O. The van der Waals surface area contributed by atoms with Crippen molar-refractivity contribution in [3.63, 3.8) is 0 Å². The smallest absolute Gasteiger partial charge is 0.354 e. The molecule has 4 rings (SSSR count). The van der Waals surface area contributed by atoms with Crippen molar-refractivity contribution in [2.75, 3.05) is 14.2 Å². The van der Waals surface area contributed by atoms with Crippen molar-refractivity contribution in [2.24, 2.45) is 0 Å². The molecule has 1 amide bonds. The second-order valence-corrected chi connectivity index (χ2v) is 9.15. The van der Waals surface area contributed by atoms with Crippen LogP contribution in [-0.2, 0) is 17.8 Å². The van der Waals surface area contributed by atoms with Crippen LogP contribution in [0.25, 0.3) is 11.3 Å². The first-order valence-electron chi connectivity index (χ1n) is 12.4. The molecule has 0 radical (unpaired) electrons. The number of methoxy groups -OCH3 is 2. The summed E-state index contributed by atoms with van der Waals surface area (Å²) in [5.41, 5.74) is 2.24. The van der Waals surface area contributed by atoms with E-state index in [1.165, 1.54) is 19.2 Å². The van der Waals surface area contributed by atoms with E-state index in [1.807, 2.05) is 35.8 Å². The summed E-state index contributed by atoms with van der Waals surface area (Å²) in [6.45, 7) is 2.66. The van der Waals surface area contributed by atoms with E-state index in [4.69, 9.17) is 14.5 Å². The molecule has 1 fully saturated rings. The highest BCUT2D eigenvalue weighted by atomic mass is 19.1. The molecule has 3 aromatic rings. The Labute approximate surface area is 215 Å². The first-order valence-corrected chi connectivity index (χ1v) is 12.4. The van der Waals surface area contributed by atoms with Gasteiger partial charge < -0.3 is 24.5 Å². The zero-order chi connectivity index (χ0) is 26.5. The van der Waals surface area contributed by atoms with Crippen LogP contribution in [0.3, 0.4) is 0 Å². The normalized spacial score (nSPS) is 17.4. The molecule has 9 heteroatoms. The maximum Gasteiger partial charge on any atom is 0.354 e. The predicted molar refractivity (Wildman–Crippen MR) is 136 cm³/mol. The second-order valence-electron chi connectivity index (χ2n) is 9.15. The number of hydrogen-bond donors (Lipinski definition) is 2. The Morgan fingerprint density at radius 2 is 1.81 bits per heavy atom. The zero-order valence-corrected chi connectivity index (χ0v) is 21.3. The lowest BCUT2D eigenvalue weighted by Gasteiger charge is -2.27. The van der Waals surface area contributed by atoms with Gasteiger partial charge in [0.15, 0.2) is 5.69 Å². The van der Waals surface area contributed by atoms with Gasteiger partial charge in [-0.1, -0.05) is 24.3 Å². The number of hydrogen-bond acceptors (Lipinski definition) is 5. The number of aromatic nitrogens is 2. The Morgan fingerprint density at radius 1 is 1.11 bits per heavy atom. The Balaban J connectivity index is 1.53. The van der Waals surface area contributed by atoms with Crippen LogP contribution in [-0.4, -0.2) is 46.9 Å². The van der Waals surface area contributed by atoms with Crippen molar-refractivity contribution in [2.45, 2.75) is 57.7 Å². The molecule has 0 unspecified atom stereocenters. The van der Waals surface area contributed by atoms with Gasteiger partial charge in [-0.15, -0.1) is 0 Å². The van der Waals surface area contributed by atoms with E-state index in [9.17, 15) is 19.1 Å². The Morgan fingerprint density at radius 3 is 2.41 bits per heavy atom. The number of carbonyl (C=O) groups excluding carboxylic acids is 1. The molecule has 1 aliphatic rings. The number of benzene rings is 2. The summed E-state index contributed by atoms with van der Waals surface area (Å²) in [6, 6.07) is 11.0. The minimum absolute atomic E-state index is 0.113. The van der Waals surface area contributed by atoms with Crippen LogP contribution >= 0.6 is 0 Å². The molecule has 2 N–H and O–H groups in total. The van der Waals surface area contributed by atoms with Crippen LogP contribution < -0.4 is 10.1 Å². The number of nitrogens with one attached hydrogen (secondary N) is 1. The maximum absolute atomic E-state index is 13.6. The van der Waals surface area contributed by atoms with Crippen molar-refractivity contribution in [1.82, 2.24) is 14.9 Å². The van der Waals surface area contributed by atoms with Gasteiger partial charge in [-0.3, -0.25) is 4.79 Å². The third-order valence-electron chi connectivity index (χ3n) is 6.98. The molecule has 0 saturated heterocycles. The van der Waals surface area contributed by atoms with Crippen molar-refractivity contribution in [3.8, 4) is 17.0 Å². The quantitative estimate of drug-likeness (QED) is 0.420. The van der Waals surface area contributed by atoms with E-state index in [-0.39, 0.29) is 35.6 Å². The fourth-order valence-corrected chi connectivity index (χ4v) is 4.99. The first kappa shape index (κ1) is 26.3. The van der Waals surface area contributed by atoms with Gasteiger partial charge in [0.1, 0.15) is 23.1 Å². The summed E-state index contributed by atoms with van der Waals surface area (Å²) in [5, 5.41) is 12.8. The van der Waals surface area contributed by atoms with E-state index in [2.05, 4.69) is 5.32 Å². The van der Waals surface area contributed by atoms with Gasteiger partial charge >= 0.3 is 5.97 Å². The highest BCUT2D eigenvalue weighted by molar-refractivity contribution is 5.97. The van der Waals surface area contributed by atoms with Crippen molar-refractivity contribution in [1.29, 1.82) is 0 Å². The van der Waals surface area contributed by atoms with Crippen molar-refractivity contribution in [3.05, 3.63) is 70.9 Å². The summed E-state index contributed by atoms with van der Waals surface area (Å²) in [7, 11) is 3.15. The van der Waals surface area contributed by atoms with E-state index < -0.39 is 17.7 Å². The van der Waals surface area contributed by atoms with Crippen molar-refractivity contribution >= 4 is 11.9 Å². The molecule has 1 heterocycles. The average Bonchev–Trinajstić information content (AvgIpc) is 3.32. The molecule has 1 aliphatic carbocycles. The second kappa shape index (κ2) is 11.6. The van der Waals surface area contributed by atoms with Gasteiger partial charge in [-0.2, -0.15) is 0 Å². The highest BCUT2D eigenvalue weighted by Crippen LogP contribution is 2.36. The predicted octanol–water partition coefficient (Wildman–Crippen LogP) is 5.02. The number of nitrogens with zero attached hydrogens (tertiary/aromatic N) is 2. The van der Waals surface area contributed by atoms with Gasteiger partial charge in [0.05, 0.1) is 18.8 Å². The molecule has 0 atom stereocenters. The number of imidazole rings is 1. The van der Waals surface area contributed by atoms with E-state index in [1.54, 1.807) is 7.11 Å². The van der Waals surface area contributed by atoms with Crippen molar-refractivity contribution < 1.29 is 28.6 Å². The number of halogens is 1. The Hall–Kier alpha value is -3.72. The minimum atomic E-state index is -1.01. The largest absolute Gasteiger partial charge is 0.496 e. The number of carboxylic acids is 1. The molecule has 0 aliphatic heterocycles. The lowest BCUT2D eigenvalue weighted by Crippen LogP contribution is -2.23. The summed E-state index contributed by atoms with van der Waals surface area (Å²) in [6.07, 6.45) is 3.91. The monoisotopic (exact) mass is 509 g/mol. The van der Waals surface area contributed by atoms with E-state index in [0.717, 1.165) is 43.1 Å². The van der Waals surface area contributed by atoms with Crippen LogP contribution in [0.1, 0.15) is 70.8 Å². The Bertz CT molecular complexity index is 1260. The molecule has 0 spiro atoms. The number of rotatable bonds is 9. The lowest BCUT2D eigenvalue weighted by molar-refractivity contribution is 0.0641. The third kappa shape index (κ3) is 5.67. The molecule has 1 aromatic heterocycles. The zero-order valence-electron chi connectivity index (χ0n) is 21.3. The van der Waals surface area contributed by atoms with Crippen LogP contribution in [0.2, 0.25) is 0 Å². The van der Waals surface area contributed by atoms with Gasteiger partial charge in [-0.05, 0) is 56.4 Å². The summed E-state index contributed by atoms with van der Waals surface area (Å²) in [5.74, 6) is -0.711. The number of ether oxygens (including phenoxy) is 2. The number of carboxylic acid groups (broad SMARTS) is 1. The molecule has 1 saturated carbocycles. The molecule has 0 bridgehead atoms. The van der Waals surface area contributed by atoms with Gasteiger partial charge in [0.2, 0.25) is 0 Å². The van der Waals surface area contributed by atoms with E-state index >= 15 is 0 Å². The third-order valence-corrected chi connectivity index (χ3v) is 6.98. The van der Waals surface area contributed by atoms with Crippen LogP contribution in [0.4, 0.5) is 4.39 Å². The fourth-order valence-electron chi connectivity index (χ4n) is 4.99. The Kier molecular flexibility index (Phi) is 8.23. The summed E-state index contributed by atoms with van der Waals surface area (Å²) in [4.78, 5) is 29.7. The van der Waals surface area contributed by atoms with Crippen LogP contribution in [0.15, 0.2) is 42.5 Å². The lowest BCUT2D eigenvalue weighted by atomic mass is 9.87. The summed E-state index contributed by atoms with van der Waals surface area (Å²) < 4.78 is 26.1. The number of amides is 1. The van der Waals surface area contributed by atoms with Gasteiger partial charge in [-0.25, -0.2) is 14.2 Å². The molecule has 196 valence electrons. The standard InChI is InChI=1S/C28H32FN3O5/c1-4-32-25(28(34)35)24(31-26(32)19-9-12-21(36-2)13-10-19)18-7-5-17(6-8-18)16-30-27(33)22-15-20(29)11-14-23(22)37-3/h5-8,11,14-15,19,21H,4,9-10,12-13,16H2,1-3H3,(H,30,33)(H,34,35). The molecule has 37 heavy (non-hydrogen) atoms. The average molecular weight is 510 g/mol. The topological polar surface area (TPSA) is 103 Å². The molecular weight excluding hydrogens is 477 g/mol. The van der Waals surface area contributed by atoms with Crippen LogP contribution in [0.5, 0.6) is 5.75 Å². The highest BCUT2D eigenvalue weighted by Gasteiger charge is 2.30. The molecule has 8 nitrogen and oxygen atoms in total. The van der Waals surface area contributed by atoms with Gasteiger partial charge in [0.25, 0.3) is 5.91 Å². The summed E-state index contributed by atoms with van der Waals surface area (Å²) >= 11 is 0. The number of carbonyl (C=O) groups is 2. The fraction of sp³-hybridized carbons (Fsp3) is 0.393. The first-order chi connectivity index (χ1) is 17.9. The minimum Gasteiger partial charge on any atom is -0.496 e.